The van der Waals surface area contributed by atoms with Crippen LogP contribution in [0.2, 0.25) is 0 Å². The number of nitrogens with zero attached hydrogens (tertiary/aromatic N) is 2. The third-order valence-electron chi connectivity index (χ3n) is 4.30. The summed E-state index contributed by atoms with van der Waals surface area (Å²) < 4.78 is 0. The highest BCUT2D eigenvalue weighted by molar-refractivity contribution is 6.01. The van der Waals surface area contributed by atoms with Crippen molar-refractivity contribution in [2.75, 3.05) is 25.0 Å². The number of hydrogen-bond acceptors (Lipinski definition) is 2. The van der Waals surface area contributed by atoms with Crippen LogP contribution < -0.4 is 4.90 Å². The Labute approximate surface area is 133 Å². The summed E-state index contributed by atoms with van der Waals surface area (Å²) in [5.41, 5.74) is 0.910. The van der Waals surface area contributed by atoms with Gasteiger partial charge in [-0.2, -0.15) is 0 Å². The predicted molar refractivity (Wildman–Crippen MR) is 88.6 cm³/mol. The van der Waals surface area contributed by atoms with E-state index < -0.39 is 0 Å². The highest BCUT2D eigenvalue weighted by Gasteiger charge is 2.50. The van der Waals surface area contributed by atoms with E-state index >= 15 is 0 Å². The Kier molecular flexibility index (Phi) is 5.58. The molecule has 0 saturated heterocycles. The van der Waals surface area contributed by atoms with Crippen LogP contribution in [0.5, 0.6) is 0 Å². The lowest BCUT2D eigenvalue weighted by Crippen LogP contribution is -2.35. The van der Waals surface area contributed by atoms with E-state index in [0.717, 1.165) is 25.1 Å². The standard InChI is InChI=1S/C18H26N2O2/c1-4-6-12-19(3)17(21)15-13-16(15)18(22)20(5-2)14-10-8-7-9-11-14/h7-11,15-16H,4-6,12-13H2,1-3H3. The quantitative estimate of drug-likeness (QED) is 0.777. The van der Waals surface area contributed by atoms with Crippen LogP contribution in [0.1, 0.15) is 33.1 Å². The molecule has 2 atom stereocenters. The smallest absolute Gasteiger partial charge is 0.230 e. The summed E-state index contributed by atoms with van der Waals surface area (Å²) in [6.07, 6.45) is 2.78. The van der Waals surface area contributed by atoms with Crippen LogP contribution in [0.15, 0.2) is 30.3 Å². The molecule has 120 valence electrons. The van der Waals surface area contributed by atoms with E-state index in [0.29, 0.717) is 13.0 Å². The number of rotatable bonds is 7. The third kappa shape index (κ3) is 3.67. The zero-order valence-corrected chi connectivity index (χ0v) is 13.8. The van der Waals surface area contributed by atoms with Crippen LogP contribution in [0.4, 0.5) is 5.69 Å². The first kappa shape index (κ1) is 16.5. The SMILES string of the molecule is CCCCN(C)C(=O)C1CC1C(=O)N(CC)c1ccccc1. The lowest BCUT2D eigenvalue weighted by Gasteiger charge is -2.22. The summed E-state index contributed by atoms with van der Waals surface area (Å²) in [5, 5.41) is 0. The molecule has 1 fully saturated rings. The van der Waals surface area contributed by atoms with Gasteiger partial charge in [-0.1, -0.05) is 31.5 Å². The molecule has 2 rings (SSSR count). The van der Waals surface area contributed by atoms with Crippen LogP contribution >= 0.6 is 0 Å². The minimum absolute atomic E-state index is 0.0796. The van der Waals surface area contributed by atoms with E-state index in [1.54, 1.807) is 9.80 Å². The van der Waals surface area contributed by atoms with Crippen LogP contribution in [0, 0.1) is 11.8 Å². The molecule has 2 amide bonds. The Morgan fingerprint density at radius 2 is 1.73 bits per heavy atom. The Morgan fingerprint density at radius 3 is 2.32 bits per heavy atom. The molecule has 1 aromatic carbocycles. The lowest BCUT2D eigenvalue weighted by molar-refractivity contribution is -0.133. The van der Waals surface area contributed by atoms with Crippen LogP contribution in [-0.4, -0.2) is 36.9 Å². The van der Waals surface area contributed by atoms with Crippen LogP contribution in [0.25, 0.3) is 0 Å². The van der Waals surface area contributed by atoms with Crippen molar-refractivity contribution < 1.29 is 9.59 Å². The zero-order valence-electron chi connectivity index (χ0n) is 13.8. The first-order chi connectivity index (χ1) is 10.6. The normalized spacial score (nSPS) is 19.6. The molecule has 2 unspecified atom stereocenters. The number of carbonyl (C=O) groups is 2. The first-order valence-electron chi connectivity index (χ1n) is 8.21. The van der Waals surface area contributed by atoms with Gasteiger partial charge in [-0.3, -0.25) is 9.59 Å². The second kappa shape index (κ2) is 7.43. The second-order valence-corrected chi connectivity index (χ2v) is 5.98. The summed E-state index contributed by atoms with van der Waals surface area (Å²) in [4.78, 5) is 28.5. The number of benzene rings is 1. The molecule has 4 nitrogen and oxygen atoms in total. The van der Waals surface area contributed by atoms with Crippen molar-refractivity contribution in [2.45, 2.75) is 33.1 Å². The van der Waals surface area contributed by atoms with E-state index in [1.807, 2.05) is 44.3 Å². The van der Waals surface area contributed by atoms with Crippen molar-refractivity contribution in [3.63, 3.8) is 0 Å². The highest BCUT2D eigenvalue weighted by Crippen LogP contribution is 2.42. The maximum atomic E-state index is 12.6. The molecule has 0 N–H and O–H groups in total. The summed E-state index contributed by atoms with van der Waals surface area (Å²) in [7, 11) is 1.84. The van der Waals surface area contributed by atoms with E-state index in [9.17, 15) is 9.59 Å². The van der Waals surface area contributed by atoms with Crippen molar-refractivity contribution in [3.05, 3.63) is 30.3 Å². The number of unbranched alkanes of at least 4 members (excludes halogenated alkanes) is 1. The van der Waals surface area contributed by atoms with E-state index in [2.05, 4.69) is 6.92 Å². The summed E-state index contributed by atoms with van der Waals surface area (Å²) in [6.45, 7) is 5.49. The summed E-state index contributed by atoms with van der Waals surface area (Å²) >= 11 is 0. The van der Waals surface area contributed by atoms with Crippen LogP contribution in [-0.2, 0) is 9.59 Å². The van der Waals surface area contributed by atoms with Gasteiger partial charge in [0, 0.05) is 25.8 Å². The Balaban J connectivity index is 1.96. The van der Waals surface area contributed by atoms with Gasteiger partial charge in [-0.15, -0.1) is 0 Å². The zero-order chi connectivity index (χ0) is 16.1. The molecular weight excluding hydrogens is 276 g/mol. The molecule has 1 aromatic rings. The van der Waals surface area contributed by atoms with Gasteiger partial charge in [0.25, 0.3) is 0 Å². The second-order valence-electron chi connectivity index (χ2n) is 5.98. The molecule has 0 heterocycles. The van der Waals surface area contributed by atoms with Gasteiger partial charge in [-0.05, 0) is 31.9 Å². The molecule has 1 saturated carbocycles. The number of amides is 2. The van der Waals surface area contributed by atoms with Crippen LogP contribution in [0.3, 0.4) is 0 Å². The first-order valence-corrected chi connectivity index (χ1v) is 8.21. The maximum Gasteiger partial charge on any atom is 0.230 e. The minimum Gasteiger partial charge on any atom is -0.346 e. The van der Waals surface area contributed by atoms with Gasteiger partial charge >= 0.3 is 0 Å². The average molecular weight is 302 g/mol. The van der Waals surface area contributed by atoms with Gasteiger partial charge in [0.2, 0.25) is 11.8 Å². The predicted octanol–water partition coefficient (Wildman–Crippen LogP) is 2.93. The van der Waals surface area contributed by atoms with Crippen molar-refractivity contribution in [3.8, 4) is 0 Å². The fourth-order valence-electron chi connectivity index (χ4n) is 2.80. The van der Waals surface area contributed by atoms with Gasteiger partial charge in [0.1, 0.15) is 0 Å². The number of para-hydroxylation sites is 1. The lowest BCUT2D eigenvalue weighted by atomic mass is 10.2. The number of hydrogen-bond donors (Lipinski definition) is 0. The maximum absolute atomic E-state index is 12.6. The van der Waals surface area contributed by atoms with Crippen molar-refractivity contribution >= 4 is 17.5 Å². The topological polar surface area (TPSA) is 40.6 Å². The average Bonchev–Trinajstić information content (AvgIpc) is 3.34. The van der Waals surface area contributed by atoms with E-state index in [4.69, 9.17) is 0 Å². The van der Waals surface area contributed by atoms with Crippen molar-refractivity contribution in [2.24, 2.45) is 11.8 Å². The molecule has 0 aromatic heterocycles. The molecule has 0 radical (unpaired) electrons. The Hall–Kier alpha value is -1.84. The molecule has 0 aliphatic heterocycles. The largest absolute Gasteiger partial charge is 0.346 e. The Morgan fingerprint density at radius 1 is 1.09 bits per heavy atom. The summed E-state index contributed by atoms with van der Waals surface area (Å²) in [5.74, 6) is -0.0595. The molecule has 1 aliphatic rings. The molecule has 0 spiro atoms. The summed E-state index contributed by atoms with van der Waals surface area (Å²) in [6, 6.07) is 9.68. The Bertz CT molecular complexity index is 515. The van der Waals surface area contributed by atoms with Gasteiger partial charge in [0.05, 0.1) is 11.8 Å². The fourth-order valence-corrected chi connectivity index (χ4v) is 2.80. The molecule has 4 heteroatoms. The van der Waals surface area contributed by atoms with E-state index in [1.165, 1.54) is 0 Å². The van der Waals surface area contributed by atoms with Gasteiger partial charge in [-0.25, -0.2) is 0 Å². The fraction of sp³-hybridized carbons (Fsp3) is 0.556. The van der Waals surface area contributed by atoms with Gasteiger partial charge < -0.3 is 9.80 Å². The molecular formula is C18H26N2O2. The van der Waals surface area contributed by atoms with Gasteiger partial charge in [0.15, 0.2) is 0 Å². The molecule has 1 aliphatic carbocycles. The number of carbonyl (C=O) groups excluding carboxylic acids is 2. The molecule has 22 heavy (non-hydrogen) atoms. The highest BCUT2D eigenvalue weighted by atomic mass is 16.2. The third-order valence-corrected chi connectivity index (χ3v) is 4.30. The van der Waals surface area contributed by atoms with E-state index in [-0.39, 0.29) is 23.7 Å². The monoisotopic (exact) mass is 302 g/mol. The van der Waals surface area contributed by atoms with Crippen molar-refractivity contribution in [1.82, 2.24) is 4.90 Å². The molecule has 0 bridgehead atoms. The number of anilines is 1. The van der Waals surface area contributed by atoms with Crippen molar-refractivity contribution in [1.29, 1.82) is 0 Å². The minimum atomic E-state index is -0.142.